The summed E-state index contributed by atoms with van der Waals surface area (Å²) < 4.78 is 5.83. The number of nitrogens with zero attached hydrogens (tertiary/aromatic N) is 2. The minimum Gasteiger partial charge on any atom is -0.372 e. The molecule has 3 rings (SSSR count). The fourth-order valence-corrected chi connectivity index (χ4v) is 3.27. The molecular formula is C13H23N3O2. The molecule has 5 nitrogen and oxygen atoms in total. The Bertz CT molecular complexity index is 305. The van der Waals surface area contributed by atoms with Gasteiger partial charge in [0.05, 0.1) is 18.2 Å². The lowest BCUT2D eigenvalue weighted by molar-refractivity contribution is -0.140. The lowest BCUT2D eigenvalue weighted by atomic mass is 10.2. The van der Waals surface area contributed by atoms with Crippen molar-refractivity contribution < 1.29 is 9.53 Å². The van der Waals surface area contributed by atoms with E-state index in [0.717, 1.165) is 52.1 Å². The molecule has 0 aromatic carbocycles. The number of carbonyl (C=O) groups excluding carboxylic acids is 1. The predicted molar refractivity (Wildman–Crippen MR) is 68.4 cm³/mol. The van der Waals surface area contributed by atoms with E-state index in [1.165, 1.54) is 0 Å². The molecule has 3 aliphatic heterocycles. The lowest BCUT2D eigenvalue weighted by Gasteiger charge is -2.38. The molecule has 5 heteroatoms. The largest absolute Gasteiger partial charge is 0.372 e. The van der Waals surface area contributed by atoms with Gasteiger partial charge >= 0.3 is 0 Å². The van der Waals surface area contributed by atoms with Crippen LogP contribution < -0.4 is 5.32 Å². The molecule has 3 unspecified atom stereocenters. The first-order chi connectivity index (χ1) is 8.74. The third-order valence-corrected chi connectivity index (χ3v) is 4.41. The molecule has 3 fully saturated rings. The molecule has 102 valence electrons. The Morgan fingerprint density at radius 1 is 1.22 bits per heavy atom. The molecule has 0 aromatic rings. The molecule has 0 aromatic heterocycles. The molecule has 3 atom stereocenters. The number of rotatable bonds is 2. The summed E-state index contributed by atoms with van der Waals surface area (Å²) in [6.45, 7) is 7.44. The van der Waals surface area contributed by atoms with E-state index >= 15 is 0 Å². The number of morpholine rings is 1. The first kappa shape index (κ1) is 12.4. The van der Waals surface area contributed by atoms with Crippen molar-refractivity contribution in [3.8, 4) is 0 Å². The van der Waals surface area contributed by atoms with Gasteiger partial charge in [-0.15, -0.1) is 0 Å². The van der Waals surface area contributed by atoms with Crippen LogP contribution in [-0.2, 0) is 9.53 Å². The fourth-order valence-electron chi connectivity index (χ4n) is 3.27. The Hall–Kier alpha value is -0.650. The van der Waals surface area contributed by atoms with Gasteiger partial charge in [0, 0.05) is 39.3 Å². The van der Waals surface area contributed by atoms with Crippen LogP contribution in [0, 0.1) is 0 Å². The van der Waals surface area contributed by atoms with Gasteiger partial charge in [-0.2, -0.15) is 0 Å². The number of fused-ring (bicyclic) bond motifs is 2. The molecule has 1 amide bonds. The standard InChI is InChI=1S/C13H23N3O2/c1-10(13(17)15-6-4-14-5-7-15)16-8-11-2-3-12(9-16)18-11/h10-12,14H,2-9H2,1H3. The van der Waals surface area contributed by atoms with Gasteiger partial charge in [0.2, 0.25) is 5.91 Å². The highest BCUT2D eigenvalue weighted by molar-refractivity contribution is 5.81. The SMILES string of the molecule is CC(C(=O)N1CCNCC1)N1CC2CCC(C1)O2. The van der Waals surface area contributed by atoms with Crippen LogP contribution in [0.25, 0.3) is 0 Å². The molecule has 2 bridgehead atoms. The molecular weight excluding hydrogens is 230 g/mol. The second kappa shape index (κ2) is 5.15. The van der Waals surface area contributed by atoms with Crippen LogP contribution in [0.4, 0.5) is 0 Å². The smallest absolute Gasteiger partial charge is 0.239 e. The van der Waals surface area contributed by atoms with Gasteiger partial charge in [-0.1, -0.05) is 0 Å². The van der Waals surface area contributed by atoms with E-state index in [1.807, 2.05) is 4.90 Å². The molecule has 0 radical (unpaired) electrons. The fraction of sp³-hybridized carbons (Fsp3) is 0.923. The van der Waals surface area contributed by atoms with Crippen molar-refractivity contribution in [1.82, 2.24) is 15.1 Å². The molecule has 1 N–H and O–H groups in total. The molecule has 0 saturated carbocycles. The van der Waals surface area contributed by atoms with Gasteiger partial charge in [0.15, 0.2) is 0 Å². The van der Waals surface area contributed by atoms with Gasteiger partial charge in [-0.05, 0) is 19.8 Å². The zero-order chi connectivity index (χ0) is 12.5. The number of hydrogen-bond donors (Lipinski definition) is 1. The summed E-state index contributed by atoms with van der Waals surface area (Å²) in [6.07, 6.45) is 3.05. The second-order valence-corrected chi connectivity index (χ2v) is 5.66. The number of piperazine rings is 1. The summed E-state index contributed by atoms with van der Waals surface area (Å²) in [7, 11) is 0. The minimum absolute atomic E-state index is 0.00935. The number of likely N-dealkylation sites (tertiary alicyclic amines) is 1. The van der Waals surface area contributed by atoms with Gasteiger partial charge in [0.1, 0.15) is 0 Å². The van der Waals surface area contributed by atoms with Crippen LogP contribution in [0.1, 0.15) is 19.8 Å². The van der Waals surface area contributed by atoms with Crippen LogP contribution in [0.15, 0.2) is 0 Å². The molecule has 0 spiro atoms. The zero-order valence-electron chi connectivity index (χ0n) is 11.1. The molecule has 0 aliphatic carbocycles. The van der Waals surface area contributed by atoms with Crippen LogP contribution in [0.5, 0.6) is 0 Å². The van der Waals surface area contributed by atoms with E-state index in [0.29, 0.717) is 12.2 Å². The Morgan fingerprint density at radius 3 is 2.44 bits per heavy atom. The number of ether oxygens (including phenoxy) is 1. The Morgan fingerprint density at radius 2 is 1.83 bits per heavy atom. The topological polar surface area (TPSA) is 44.8 Å². The normalized spacial score (nSPS) is 34.6. The highest BCUT2D eigenvalue weighted by Gasteiger charge is 2.38. The van der Waals surface area contributed by atoms with E-state index in [4.69, 9.17) is 4.74 Å². The maximum atomic E-state index is 12.4. The van der Waals surface area contributed by atoms with Crippen molar-refractivity contribution >= 4 is 5.91 Å². The summed E-state index contributed by atoms with van der Waals surface area (Å²) in [6, 6.07) is 0.00935. The van der Waals surface area contributed by atoms with Crippen molar-refractivity contribution in [2.45, 2.75) is 38.0 Å². The number of amides is 1. The molecule has 18 heavy (non-hydrogen) atoms. The van der Waals surface area contributed by atoms with Crippen LogP contribution in [0.2, 0.25) is 0 Å². The quantitative estimate of drug-likeness (QED) is 0.732. The van der Waals surface area contributed by atoms with Crippen molar-refractivity contribution in [2.75, 3.05) is 39.3 Å². The van der Waals surface area contributed by atoms with E-state index in [9.17, 15) is 4.79 Å². The van der Waals surface area contributed by atoms with Gasteiger partial charge in [-0.3, -0.25) is 9.69 Å². The number of nitrogens with one attached hydrogen (secondary N) is 1. The van der Waals surface area contributed by atoms with E-state index in [-0.39, 0.29) is 11.9 Å². The highest BCUT2D eigenvalue weighted by Crippen LogP contribution is 2.27. The summed E-state index contributed by atoms with van der Waals surface area (Å²) >= 11 is 0. The first-order valence-electron chi connectivity index (χ1n) is 7.13. The average molecular weight is 253 g/mol. The maximum Gasteiger partial charge on any atom is 0.239 e. The molecule has 3 saturated heterocycles. The van der Waals surface area contributed by atoms with E-state index in [1.54, 1.807) is 0 Å². The van der Waals surface area contributed by atoms with Gasteiger partial charge < -0.3 is 15.0 Å². The summed E-state index contributed by atoms with van der Waals surface area (Å²) in [4.78, 5) is 16.8. The van der Waals surface area contributed by atoms with E-state index < -0.39 is 0 Å². The zero-order valence-corrected chi connectivity index (χ0v) is 11.1. The number of hydrogen-bond acceptors (Lipinski definition) is 4. The van der Waals surface area contributed by atoms with Gasteiger partial charge in [0.25, 0.3) is 0 Å². The third kappa shape index (κ3) is 2.39. The van der Waals surface area contributed by atoms with Crippen molar-refractivity contribution in [3.05, 3.63) is 0 Å². The van der Waals surface area contributed by atoms with Crippen LogP contribution in [0.3, 0.4) is 0 Å². The maximum absolute atomic E-state index is 12.4. The van der Waals surface area contributed by atoms with Gasteiger partial charge in [-0.25, -0.2) is 0 Å². The third-order valence-electron chi connectivity index (χ3n) is 4.41. The summed E-state index contributed by atoms with van der Waals surface area (Å²) in [5, 5.41) is 3.28. The van der Waals surface area contributed by atoms with Crippen molar-refractivity contribution in [2.24, 2.45) is 0 Å². The summed E-state index contributed by atoms with van der Waals surface area (Å²) in [5.74, 6) is 0.290. The van der Waals surface area contributed by atoms with E-state index in [2.05, 4.69) is 17.1 Å². The second-order valence-electron chi connectivity index (χ2n) is 5.66. The Balaban J connectivity index is 1.59. The summed E-state index contributed by atoms with van der Waals surface area (Å²) in [5.41, 5.74) is 0. The van der Waals surface area contributed by atoms with Crippen LogP contribution in [-0.4, -0.2) is 73.2 Å². The lowest BCUT2D eigenvalue weighted by Crippen LogP contribution is -2.56. The monoisotopic (exact) mass is 253 g/mol. The first-order valence-corrected chi connectivity index (χ1v) is 7.13. The Labute approximate surface area is 108 Å². The highest BCUT2D eigenvalue weighted by atomic mass is 16.5. The molecule has 3 aliphatic rings. The molecule has 3 heterocycles. The minimum atomic E-state index is 0.00935. The van der Waals surface area contributed by atoms with Crippen LogP contribution >= 0.6 is 0 Å². The average Bonchev–Trinajstić information content (AvgIpc) is 2.77. The van der Waals surface area contributed by atoms with Crippen molar-refractivity contribution in [1.29, 1.82) is 0 Å². The Kier molecular flexibility index (Phi) is 3.54. The van der Waals surface area contributed by atoms with Crippen molar-refractivity contribution in [3.63, 3.8) is 0 Å². The predicted octanol–water partition coefficient (Wildman–Crippen LogP) is -0.330. The number of carbonyl (C=O) groups is 1.